The van der Waals surface area contributed by atoms with Gasteiger partial charge in [-0.2, -0.15) is 0 Å². The molecule has 30 heavy (non-hydrogen) atoms. The van der Waals surface area contributed by atoms with Crippen molar-refractivity contribution in [3.05, 3.63) is 77.1 Å². The van der Waals surface area contributed by atoms with Crippen molar-refractivity contribution >= 4 is 0 Å². The second kappa shape index (κ2) is 8.99. The van der Waals surface area contributed by atoms with Crippen molar-refractivity contribution in [2.24, 2.45) is 0 Å². The van der Waals surface area contributed by atoms with Gasteiger partial charge in [-0.1, -0.05) is 42.5 Å². The Kier molecular flexibility index (Phi) is 6.16. The van der Waals surface area contributed by atoms with E-state index in [1.807, 2.05) is 48.5 Å². The zero-order valence-corrected chi connectivity index (χ0v) is 17.5. The van der Waals surface area contributed by atoms with E-state index in [-0.39, 0.29) is 18.5 Å². The summed E-state index contributed by atoms with van der Waals surface area (Å²) in [5.74, 6) is 0.595. The average molecular weight is 406 g/mol. The highest BCUT2D eigenvalue weighted by molar-refractivity contribution is 5.75. The number of hydrogen-bond donors (Lipinski definition) is 1. The van der Waals surface area contributed by atoms with E-state index in [9.17, 15) is 0 Å². The van der Waals surface area contributed by atoms with Crippen LogP contribution < -0.4 is 4.74 Å². The minimum Gasteiger partial charge on any atom is -0.496 e. The lowest BCUT2D eigenvalue weighted by molar-refractivity contribution is 0.103. The van der Waals surface area contributed by atoms with Gasteiger partial charge in [0, 0.05) is 24.8 Å². The first-order valence-electron chi connectivity index (χ1n) is 10.4. The lowest BCUT2D eigenvalue weighted by atomic mass is 9.93. The van der Waals surface area contributed by atoms with Crippen molar-refractivity contribution < 1.29 is 19.0 Å². The van der Waals surface area contributed by atoms with Gasteiger partial charge >= 0.3 is 0 Å². The van der Waals surface area contributed by atoms with Crippen LogP contribution in [0, 0.1) is 5.82 Å². The fraction of sp³-hybridized carbons (Fsp3) is 0.308. The molecule has 156 valence electrons. The number of hydrogen-bond acceptors (Lipinski definition) is 3. The zero-order chi connectivity index (χ0) is 21.1. The fourth-order valence-corrected chi connectivity index (χ4v) is 4.42. The number of aliphatic hydroxyl groups is 1. The molecule has 1 unspecified atom stereocenters. The van der Waals surface area contributed by atoms with E-state index in [2.05, 4.69) is 0 Å². The van der Waals surface area contributed by atoms with E-state index in [1.165, 1.54) is 5.56 Å². The SMILES string of the molecule is COc1ccc(-c2ccc(-c3ccc(CCCO)cc3)c(F)c2)c2c1C(OC)CC2. The maximum atomic E-state index is 15.1. The summed E-state index contributed by atoms with van der Waals surface area (Å²) in [5.41, 5.74) is 6.76. The van der Waals surface area contributed by atoms with Gasteiger partial charge in [0.05, 0.1) is 13.2 Å². The molecule has 1 aliphatic carbocycles. The number of ether oxygens (including phenoxy) is 2. The lowest BCUT2D eigenvalue weighted by Gasteiger charge is -2.16. The Labute approximate surface area is 177 Å². The molecule has 3 aromatic rings. The van der Waals surface area contributed by atoms with Gasteiger partial charge in [-0.15, -0.1) is 0 Å². The summed E-state index contributed by atoms with van der Waals surface area (Å²) in [7, 11) is 3.39. The van der Waals surface area contributed by atoms with Crippen LogP contribution >= 0.6 is 0 Å². The third-order valence-electron chi connectivity index (χ3n) is 5.97. The van der Waals surface area contributed by atoms with E-state index in [4.69, 9.17) is 14.6 Å². The first-order chi connectivity index (χ1) is 14.7. The summed E-state index contributed by atoms with van der Waals surface area (Å²) in [6.45, 7) is 0.179. The number of halogens is 1. The number of methoxy groups -OCH3 is 2. The topological polar surface area (TPSA) is 38.7 Å². The number of aliphatic hydroxyl groups excluding tert-OH is 1. The second-order valence-electron chi connectivity index (χ2n) is 7.69. The van der Waals surface area contributed by atoms with Crippen LogP contribution in [0.4, 0.5) is 4.39 Å². The molecule has 0 heterocycles. The summed E-state index contributed by atoms with van der Waals surface area (Å²) in [5, 5.41) is 8.97. The molecule has 3 aromatic carbocycles. The smallest absolute Gasteiger partial charge is 0.131 e. The Hall–Kier alpha value is -2.69. The minimum absolute atomic E-state index is 0.0170. The zero-order valence-electron chi connectivity index (χ0n) is 17.5. The molecular formula is C26H27FO3. The van der Waals surface area contributed by atoms with Crippen LogP contribution in [0.15, 0.2) is 54.6 Å². The molecule has 0 bridgehead atoms. The van der Waals surface area contributed by atoms with E-state index < -0.39 is 0 Å². The maximum absolute atomic E-state index is 15.1. The van der Waals surface area contributed by atoms with Crippen molar-refractivity contribution in [2.75, 3.05) is 20.8 Å². The van der Waals surface area contributed by atoms with Crippen LogP contribution in [0.3, 0.4) is 0 Å². The van der Waals surface area contributed by atoms with Crippen molar-refractivity contribution in [1.29, 1.82) is 0 Å². The van der Waals surface area contributed by atoms with Gasteiger partial charge in [0.1, 0.15) is 11.6 Å². The van der Waals surface area contributed by atoms with E-state index in [0.29, 0.717) is 5.56 Å². The molecule has 0 saturated carbocycles. The van der Waals surface area contributed by atoms with Gasteiger partial charge in [-0.05, 0) is 65.6 Å². The third-order valence-corrected chi connectivity index (χ3v) is 5.97. The molecular weight excluding hydrogens is 379 g/mol. The lowest BCUT2D eigenvalue weighted by Crippen LogP contribution is -2.00. The number of fused-ring (bicyclic) bond motifs is 1. The highest BCUT2D eigenvalue weighted by Crippen LogP contribution is 2.44. The Bertz CT molecular complexity index is 1030. The van der Waals surface area contributed by atoms with E-state index >= 15 is 4.39 Å². The highest BCUT2D eigenvalue weighted by atomic mass is 19.1. The third kappa shape index (κ3) is 3.85. The summed E-state index contributed by atoms with van der Waals surface area (Å²) in [4.78, 5) is 0. The van der Waals surface area contributed by atoms with Crippen LogP contribution in [-0.4, -0.2) is 25.9 Å². The summed E-state index contributed by atoms with van der Waals surface area (Å²) in [6, 6.07) is 17.3. The quantitative estimate of drug-likeness (QED) is 0.545. The maximum Gasteiger partial charge on any atom is 0.131 e. The van der Waals surface area contributed by atoms with Crippen molar-refractivity contribution in [3.63, 3.8) is 0 Å². The predicted octanol–water partition coefficient (Wildman–Crippen LogP) is 5.73. The fourth-order valence-electron chi connectivity index (χ4n) is 4.42. The van der Waals surface area contributed by atoms with Crippen molar-refractivity contribution in [1.82, 2.24) is 0 Å². The molecule has 3 nitrogen and oxygen atoms in total. The normalized spacial score (nSPS) is 15.3. The molecule has 1 atom stereocenters. The molecule has 4 heteroatoms. The molecule has 0 radical (unpaired) electrons. The van der Waals surface area contributed by atoms with E-state index in [1.54, 1.807) is 20.3 Å². The molecule has 0 fully saturated rings. The Morgan fingerprint density at radius 3 is 2.37 bits per heavy atom. The second-order valence-corrected chi connectivity index (χ2v) is 7.69. The Balaban J connectivity index is 1.67. The predicted molar refractivity (Wildman–Crippen MR) is 117 cm³/mol. The highest BCUT2D eigenvalue weighted by Gasteiger charge is 2.29. The molecule has 0 amide bonds. The molecule has 0 aliphatic heterocycles. The summed E-state index contributed by atoms with van der Waals surface area (Å²) < 4.78 is 26.3. The van der Waals surface area contributed by atoms with Crippen LogP contribution in [0.1, 0.15) is 35.6 Å². The molecule has 4 rings (SSSR count). The Morgan fingerprint density at radius 2 is 1.70 bits per heavy atom. The van der Waals surface area contributed by atoms with E-state index in [0.717, 1.165) is 59.3 Å². The largest absolute Gasteiger partial charge is 0.496 e. The Morgan fingerprint density at radius 1 is 0.967 bits per heavy atom. The molecule has 1 aliphatic rings. The monoisotopic (exact) mass is 406 g/mol. The summed E-state index contributed by atoms with van der Waals surface area (Å²) >= 11 is 0. The number of rotatable bonds is 7. The molecule has 1 N–H and O–H groups in total. The van der Waals surface area contributed by atoms with Crippen LogP contribution in [-0.2, 0) is 17.6 Å². The van der Waals surface area contributed by atoms with Crippen LogP contribution in [0.2, 0.25) is 0 Å². The minimum atomic E-state index is -0.235. The average Bonchev–Trinajstić information content (AvgIpc) is 3.22. The standard InChI is InChI=1S/C26H27FO3/c1-29-24-13-11-20(22-12-14-25(30-2)26(22)24)19-9-10-21(23(27)16-19)18-7-5-17(6-8-18)4-3-15-28/h5-11,13,16,25,28H,3-4,12,14-15H2,1-2H3. The van der Waals surface area contributed by atoms with Crippen molar-refractivity contribution in [3.8, 4) is 28.0 Å². The van der Waals surface area contributed by atoms with Crippen LogP contribution in [0.5, 0.6) is 5.75 Å². The first-order valence-corrected chi connectivity index (χ1v) is 10.4. The van der Waals surface area contributed by atoms with Gasteiger partial charge in [0.25, 0.3) is 0 Å². The van der Waals surface area contributed by atoms with Gasteiger partial charge in [-0.3, -0.25) is 0 Å². The van der Waals surface area contributed by atoms with Gasteiger partial charge in [-0.25, -0.2) is 4.39 Å². The first kappa shape index (κ1) is 20.6. The molecule has 0 spiro atoms. The van der Waals surface area contributed by atoms with Crippen LogP contribution in [0.25, 0.3) is 22.3 Å². The van der Waals surface area contributed by atoms with Crippen molar-refractivity contribution in [2.45, 2.75) is 31.8 Å². The number of aryl methyl sites for hydroxylation is 1. The summed E-state index contributed by atoms with van der Waals surface area (Å²) in [6.07, 6.45) is 3.37. The van der Waals surface area contributed by atoms with Gasteiger partial charge in [0.2, 0.25) is 0 Å². The van der Waals surface area contributed by atoms with Gasteiger partial charge < -0.3 is 14.6 Å². The molecule has 0 aromatic heterocycles. The molecule has 0 saturated heterocycles. The number of benzene rings is 3. The van der Waals surface area contributed by atoms with Gasteiger partial charge in [0.15, 0.2) is 0 Å².